The molecule has 1 aromatic carbocycles. The van der Waals surface area contributed by atoms with E-state index >= 15 is 0 Å². The molecule has 18 heavy (non-hydrogen) atoms. The lowest BCUT2D eigenvalue weighted by Gasteiger charge is -2.13. The highest BCUT2D eigenvalue weighted by molar-refractivity contribution is 6.36. The topological polar surface area (TPSA) is 55.4 Å². The Morgan fingerprint density at radius 3 is 2.61 bits per heavy atom. The van der Waals surface area contributed by atoms with Gasteiger partial charge in [0.25, 0.3) is 5.91 Å². The third-order valence-electron chi connectivity index (χ3n) is 2.16. The van der Waals surface area contributed by atoms with Crippen LogP contribution in [0.15, 0.2) is 18.2 Å². The molecular weight excluding hydrogens is 277 g/mol. The minimum Gasteiger partial charge on any atom is -0.453 e. The van der Waals surface area contributed by atoms with Crippen LogP contribution < -0.4 is 5.32 Å². The van der Waals surface area contributed by atoms with Crippen molar-refractivity contribution in [3.63, 3.8) is 0 Å². The van der Waals surface area contributed by atoms with Gasteiger partial charge in [-0.2, -0.15) is 0 Å². The highest BCUT2D eigenvalue weighted by atomic mass is 35.5. The monoisotopic (exact) mass is 289 g/mol. The molecule has 0 unspecified atom stereocenters. The molecule has 0 aliphatic heterocycles. The van der Waals surface area contributed by atoms with E-state index in [0.29, 0.717) is 15.7 Å². The second-order valence-corrected chi connectivity index (χ2v) is 4.44. The average Bonchev–Trinajstić information content (AvgIpc) is 2.32. The third-order valence-corrected chi connectivity index (χ3v) is 2.70. The number of amides is 1. The summed E-state index contributed by atoms with van der Waals surface area (Å²) in [4.78, 5) is 22.8. The van der Waals surface area contributed by atoms with Crippen LogP contribution in [0, 0.1) is 0 Å². The van der Waals surface area contributed by atoms with Gasteiger partial charge in [0.2, 0.25) is 0 Å². The zero-order valence-corrected chi connectivity index (χ0v) is 11.5. The maximum atomic E-state index is 11.7. The van der Waals surface area contributed by atoms with Crippen LogP contribution in [-0.2, 0) is 14.3 Å². The molecule has 0 radical (unpaired) electrons. The minimum atomic E-state index is -0.871. The number of halogens is 2. The number of hydrogen-bond donors (Lipinski definition) is 1. The first kappa shape index (κ1) is 14.8. The lowest BCUT2D eigenvalue weighted by Crippen LogP contribution is -2.29. The second-order valence-electron chi connectivity index (χ2n) is 3.60. The van der Waals surface area contributed by atoms with Gasteiger partial charge in [0.05, 0.1) is 10.7 Å². The first-order chi connectivity index (χ1) is 8.43. The highest BCUT2D eigenvalue weighted by Crippen LogP contribution is 2.25. The fraction of sp³-hybridized carbons (Fsp3) is 0.333. The number of rotatable bonds is 4. The van der Waals surface area contributed by atoms with Gasteiger partial charge in [-0.1, -0.05) is 30.1 Å². The summed E-state index contributed by atoms with van der Waals surface area (Å²) in [6.07, 6.45) is -0.650. The summed E-state index contributed by atoms with van der Waals surface area (Å²) in [5, 5.41) is 3.36. The Bertz CT molecular complexity index is 463. The van der Waals surface area contributed by atoms with Crippen LogP contribution in [0.5, 0.6) is 0 Å². The summed E-state index contributed by atoms with van der Waals surface area (Å²) in [5.74, 6) is -0.874. The lowest BCUT2D eigenvalue weighted by molar-refractivity contribution is -0.152. The number of ether oxygens (including phenoxy) is 1. The van der Waals surface area contributed by atoms with Crippen molar-refractivity contribution in [3.05, 3.63) is 28.2 Å². The summed E-state index contributed by atoms with van der Waals surface area (Å²) in [7, 11) is 0. The van der Waals surface area contributed by atoms with Crippen molar-refractivity contribution in [1.82, 2.24) is 0 Å². The van der Waals surface area contributed by atoms with Gasteiger partial charge in [-0.25, -0.2) is 0 Å². The molecule has 0 bridgehead atoms. The number of carbonyl (C=O) groups excluding carboxylic acids is 2. The molecule has 0 saturated heterocycles. The van der Waals surface area contributed by atoms with Crippen molar-refractivity contribution >= 4 is 40.8 Å². The van der Waals surface area contributed by atoms with Crippen LogP contribution in [0.2, 0.25) is 10.0 Å². The number of carbonyl (C=O) groups is 2. The molecule has 0 aromatic heterocycles. The fourth-order valence-corrected chi connectivity index (χ4v) is 1.61. The Morgan fingerprint density at radius 1 is 1.39 bits per heavy atom. The Kier molecular flexibility index (Phi) is 5.44. The standard InChI is InChI=1S/C12H13Cl2NO3/c1-3-11(16)18-7(2)12(17)15-10-5-4-8(13)6-9(10)14/h4-7H,3H2,1-2H3,(H,15,17)/t7-/m1/s1. The van der Waals surface area contributed by atoms with E-state index in [1.54, 1.807) is 19.1 Å². The number of anilines is 1. The largest absolute Gasteiger partial charge is 0.453 e. The lowest BCUT2D eigenvalue weighted by atomic mass is 10.3. The molecule has 0 heterocycles. The summed E-state index contributed by atoms with van der Waals surface area (Å²) < 4.78 is 4.88. The number of hydrogen-bond acceptors (Lipinski definition) is 3. The minimum absolute atomic E-state index is 0.222. The molecule has 6 heteroatoms. The molecule has 1 amide bonds. The number of esters is 1. The maximum Gasteiger partial charge on any atom is 0.306 e. The van der Waals surface area contributed by atoms with Gasteiger partial charge >= 0.3 is 5.97 Å². The maximum absolute atomic E-state index is 11.7. The average molecular weight is 290 g/mol. The molecule has 4 nitrogen and oxygen atoms in total. The van der Waals surface area contributed by atoms with Gasteiger partial charge < -0.3 is 10.1 Å². The van der Waals surface area contributed by atoms with Crippen molar-refractivity contribution in [3.8, 4) is 0 Å². The van der Waals surface area contributed by atoms with Crippen molar-refractivity contribution in [2.45, 2.75) is 26.4 Å². The van der Waals surface area contributed by atoms with Gasteiger partial charge in [-0.15, -0.1) is 0 Å². The SMILES string of the molecule is CCC(=O)O[C@H](C)C(=O)Nc1ccc(Cl)cc1Cl. The molecule has 1 aromatic rings. The number of benzene rings is 1. The molecule has 0 spiro atoms. The van der Waals surface area contributed by atoms with Crippen LogP contribution in [-0.4, -0.2) is 18.0 Å². The van der Waals surface area contributed by atoms with Gasteiger partial charge in [0.1, 0.15) is 0 Å². The molecular formula is C12H13Cl2NO3. The van der Waals surface area contributed by atoms with E-state index in [1.165, 1.54) is 13.0 Å². The van der Waals surface area contributed by atoms with Crippen LogP contribution in [0.3, 0.4) is 0 Å². The second kappa shape index (κ2) is 6.61. The highest BCUT2D eigenvalue weighted by Gasteiger charge is 2.17. The summed E-state index contributed by atoms with van der Waals surface area (Å²) in [5.41, 5.74) is 0.422. The van der Waals surface area contributed by atoms with E-state index in [2.05, 4.69) is 5.32 Å². The molecule has 0 saturated carbocycles. The van der Waals surface area contributed by atoms with Crippen LogP contribution in [0.25, 0.3) is 0 Å². The Labute approximate surface area is 115 Å². The van der Waals surface area contributed by atoms with Gasteiger partial charge in [0.15, 0.2) is 6.10 Å². The van der Waals surface area contributed by atoms with E-state index in [9.17, 15) is 9.59 Å². The Hall–Kier alpha value is -1.26. The van der Waals surface area contributed by atoms with Gasteiger partial charge in [0, 0.05) is 11.4 Å². The Balaban J connectivity index is 2.66. The zero-order valence-electron chi connectivity index (χ0n) is 10.00. The van der Waals surface area contributed by atoms with E-state index in [1.807, 2.05) is 0 Å². The molecule has 0 aliphatic carbocycles. The van der Waals surface area contributed by atoms with Crippen molar-refractivity contribution in [1.29, 1.82) is 0 Å². The quantitative estimate of drug-likeness (QED) is 0.866. The Morgan fingerprint density at radius 2 is 2.06 bits per heavy atom. The molecule has 1 rings (SSSR count). The number of nitrogens with one attached hydrogen (secondary N) is 1. The summed E-state index contributed by atoms with van der Waals surface area (Å²) in [6, 6.07) is 4.70. The molecule has 0 aliphatic rings. The predicted molar refractivity (Wildman–Crippen MR) is 70.9 cm³/mol. The van der Waals surface area contributed by atoms with E-state index in [-0.39, 0.29) is 6.42 Å². The molecule has 98 valence electrons. The first-order valence-electron chi connectivity index (χ1n) is 5.39. The van der Waals surface area contributed by atoms with Crippen molar-refractivity contribution in [2.75, 3.05) is 5.32 Å². The summed E-state index contributed by atoms with van der Waals surface area (Å²) in [6.45, 7) is 3.15. The third kappa shape index (κ3) is 4.20. The van der Waals surface area contributed by atoms with Crippen LogP contribution in [0.1, 0.15) is 20.3 Å². The zero-order chi connectivity index (χ0) is 13.7. The van der Waals surface area contributed by atoms with Crippen molar-refractivity contribution in [2.24, 2.45) is 0 Å². The van der Waals surface area contributed by atoms with E-state index < -0.39 is 18.0 Å². The molecule has 1 N–H and O–H groups in total. The first-order valence-corrected chi connectivity index (χ1v) is 6.15. The predicted octanol–water partition coefficient (Wildman–Crippen LogP) is 3.27. The van der Waals surface area contributed by atoms with Crippen LogP contribution in [0.4, 0.5) is 5.69 Å². The smallest absolute Gasteiger partial charge is 0.306 e. The van der Waals surface area contributed by atoms with Gasteiger partial charge in [-0.05, 0) is 25.1 Å². The van der Waals surface area contributed by atoms with Gasteiger partial charge in [-0.3, -0.25) is 9.59 Å². The fourth-order valence-electron chi connectivity index (χ4n) is 1.16. The van der Waals surface area contributed by atoms with Crippen molar-refractivity contribution < 1.29 is 14.3 Å². The molecule has 1 atom stereocenters. The van der Waals surface area contributed by atoms with Crippen LogP contribution >= 0.6 is 23.2 Å². The van der Waals surface area contributed by atoms with E-state index in [0.717, 1.165) is 0 Å². The van der Waals surface area contributed by atoms with E-state index in [4.69, 9.17) is 27.9 Å². The summed E-state index contributed by atoms with van der Waals surface area (Å²) >= 11 is 11.6. The normalized spacial score (nSPS) is 11.8. The molecule has 0 fully saturated rings.